The summed E-state index contributed by atoms with van der Waals surface area (Å²) >= 11 is 3.41. The molecule has 0 saturated heterocycles. The topological polar surface area (TPSA) is 69.2 Å². The summed E-state index contributed by atoms with van der Waals surface area (Å²) in [6.45, 7) is 3.98. The van der Waals surface area contributed by atoms with E-state index in [0.717, 1.165) is 4.47 Å². The minimum absolute atomic E-state index is 0.0571. The van der Waals surface area contributed by atoms with E-state index < -0.39 is 5.91 Å². The van der Waals surface area contributed by atoms with Crippen molar-refractivity contribution in [1.82, 2.24) is 5.43 Å². The molecule has 0 aliphatic carbocycles. The molecule has 0 unspecified atom stereocenters. The molecule has 0 bridgehead atoms. The molecule has 3 aromatic carbocycles. The zero-order valence-corrected chi connectivity index (χ0v) is 19.5. The molecule has 3 aromatic rings. The fourth-order valence-electron chi connectivity index (χ4n) is 2.82. The van der Waals surface area contributed by atoms with E-state index in [1.165, 1.54) is 19.4 Å². The van der Waals surface area contributed by atoms with Crippen LogP contribution in [-0.4, -0.2) is 25.8 Å². The van der Waals surface area contributed by atoms with Crippen LogP contribution in [0.5, 0.6) is 17.2 Å². The average Bonchev–Trinajstić information content (AvgIpc) is 2.83. The molecule has 0 saturated carbocycles. The number of hydrogen-bond acceptors (Lipinski definition) is 5. The van der Waals surface area contributed by atoms with Crippen molar-refractivity contribution >= 4 is 28.1 Å². The van der Waals surface area contributed by atoms with Crippen LogP contribution in [-0.2, 0) is 6.61 Å². The highest BCUT2D eigenvalue weighted by molar-refractivity contribution is 9.10. The number of amides is 1. The first kappa shape index (κ1) is 24.0. The number of carbonyl (C=O) groups is 1. The van der Waals surface area contributed by atoms with Crippen LogP contribution >= 0.6 is 15.9 Å². The summed E-state index contributed by atoms with van der Waals surface area (Å²) in [5.74, 6) is 0.648. The molecule has 170 valence electrons. The molecular weight excluding hydrogens is 491 g/mol. The number of nitrogens with zero attached hydrogens (tertiary/aromatic N) is 1. The molecular formula is C25H22BrFN2O4. The Bertz CT molecular complexity index is 1170. The van der Waals surface area contributed by atoms with E-state index in [0.29, 0.717) is 40.5 Å². The molecule has 0 atom stereocenters. The minimum atomic E-state index is -0.427. The van der Waals surface area contributed by atoms with Crippen LogP contribution in [0.2, 0.25) is 0 Å². The number of hydrazone groups is 1. The van der Waals surface area contributed by atoms with Gasteiger partial charge in [-0.2, -0.15) is 5.10 Å². The first-order valence-electron chi connectivity index (χ1n) is 9.92. The van der Waals surface area contributed by atoms with Crippen LogP contribution in [0, 0.1) is 5.82 Å². The molecule has 1 amide bonds. The van der Waals surface area contributed by atoms with Gasteiger partial charge in [-0.1, -0.05) is 46.8 Å². The summed E-state index contributed by atoms with van der Waals surface area (Å²) in [4.78, 5) is 12.5. The number of halogens is 2. The van der Waals surface area contributed by atoms with Gasteiger partial charge in [0, 0.05) is 21.2 Å². The standard InChI is InChI=1S/C25H22BrFN2O4/c1-3-12-32-23-10-8-17(14-24(23)31-2)25(30)29-28-15-19-13-20(26)9-11-22(19)33-16-18-6-4-5-7-21(18)27/h3-11,13-15H,1,12,16H2,2H3,(H,29,30)/b28-15+. The molecule has 0 heterocycles. The lowest BCUT2D eigenvalue weighted by atomic mass is 10.2. The second-order valence-electron chi connectivity index (χ2n) is 6.73. The first-order valence-corrected chi connectivity index (χ1v) is 10.7. The highest BCUT2D eigenvalue weighted by Gasteiger charge is 2.11. The summed E-state index contributed by atoms with van der Waals surface area (Å²) < 4.78 is 31.2. The van der Waals surface area contributed by atoms with Gasteiger partial charge in [0.1, 0.15) is 24.8 Å². The lowest BCUT2D eigenvalue weighted by Gasteiger charge is -2.11. The van der Waals surface area contributed by atoms with Crippen LogP contribution < -0.4 is 19.6 Å². The van der Waals surface area contributed by atoms with Gasteiger partial charge in [0.05, 0.1) is 13.3 Å². The predicted octanol–water partition coefficient (Wildman–Crippen LogP) is 5.50. The summed E-state index contributed by atoms with van der Waals surface area (Å²) in [6, 6.07) is 16.5. The second-order valence-corrected chi connectivity index (χ2v) is 7.64. The Morgan fingerprint density at radius 1 is 1.09 bits per heavy atom. The van der Waals surface area contributed by atoms with Gasteiger partial charge in [-0.25, -0.2) is 9.82 Å². The Labute approximate surface area is 199 Å². The third kappa shape index (κ3) is 6.66. The summed E-state index contributed by atoms with van der Waals surface area (Å²) in [5.41, 5.74) is 3.87. The highest BCUT2D eigenvalue weighted by Crippen LogP contribution is 2.28. The minimum Gasteiger partial charge on any atom is -0.493 e. The van der Waals surface area contributed by atoms with Crippen molar-refractivity contribution in [2.45, 2.75) is 6.61 Å². The largest absolute Gasteiger partial charge is 0.493 e. The molecule has 3 rings (SSSR count). The average molecular weight is 513 g/mol. The van der Waals surface area contributed by atoms with Crippen LogP contribution in [0.4, 0.5) is 4.39 Å². The van der Waals surface area contributed by atoms with Crippen molar-refractivity contribution in [3.8, 4) is 17.2 Å². The molecule has 0 aliphatic heterocycles. The molecule has 8 heteroatoms. The second kappa shape index (κ2) is 11.8. The van der Waals surface area contributed by atoms with Crippen molar-refractivity contribution < 1.29 is 23.4 Å². The van der Waals surface area contributed by atoms with Crippen LogP contribution in [0.3, 0.4) is 0 Å². The van der Waals surface area contributed by atoms with Crippen molar-refractivity contribution in [1.29, 1.82) is 0 Å². The van der Waals surface area contributed by atoms with E-state index in [1.807, 2.05) is 0 Å². The van der Waals surface area contributed by atoms with Gasteiger partial charge in [-0.3, -0.25) is 4.79 Å². The lowest BCUT2D eigenvalue weighted by Crippen LogP contribution is -2.17. The number of hydrogen-bond donors (Lipinski definition) is 1. The third-order valence-corrected chi connectivity index (χ3v) is 4.96. The van der Waals surface area contributed by atoms with Crippen LogP contribution in [0.1, 0.15) is 21.5 Å². The maximum atomic E-state index is 13.9. The summed E-state index contributed by atoms with van der Waals surface area (Å²) in [7, 11) is 1.49. The maximum absolute atomic E-state index is 13.9. The fraction of sp³-hybridized carbons (Fsp3) is 0.120. The number of benzene rings is 3. The smallest absolute Gasteiger partial charge is 0.271 e. The predicted molar refractivity (Wildman–Crippen MR) is 129 cm³/mol. The third-order valence-electron chi connectivity index (χ3n) is 4.47. The molecule has 33 heavy (non-hydrogen) atoms. The highest BCUT2D eigenvalue weighted by atomic mass is 79.9. The molecule has 0 aromatic heterocycles. The normalized spacial score (nSPS) is 10.6. The van der Waals surface area contributed by atoms with Gasteiger partial charge >= 0.3 is 0 Å². The van der Waals surface area contributed by atoms with Gasteiger partial charge < -0.3 is 14.2 Å². The Kier molecular flexibility index (Phi) is 8.60. The van der Waals surface area contributed by atoms with Gasteiger partial charge in [0.15, 0.2) is 11.5 Å². The molecule has 6 nitrogen and oxygen atoms in total. The summed E-state index contributed by atoms with van der Waals surface area (Å²) in [5, 5.41) is 4.03. The number of ether oxygens (including phenoxy) is 3. The quantitative estimate of drug-likeness (QED) is 0.221. The fourth-order valence-corrected chi connectivity index (χ4v) is 3.20. The Morgan fingerprint density at radius 2 is 1.88 bits per heavy atom. The Balaban J connectivity index is 1.69. The van der Waals surface area contributed by atoms with Gasteiger partial charge in [0.25, 0.3) is 5.91 Å². The molecule has 0 radical (unpaired) electrons. The van der Waals surface area contributed by atoms with Crippen molar-refractivity contribution in [3.05, 3.63) is 100 Å². The van der Waals surface area contributed by atoms with Gasteiger partial charge in [-0.15, -0.1) is 0 Å². The van der Waals surface area contributed by atoms with Gasteiger partial charge in [-0.05, 0) is 42.5 Å². The van der Waals surface area contributed by atoms with Gasteiger partial charge in [0.2, 0.25) is 0 Å². The van der Waals surface area contributed by atoms with Crippen molar-refractivity contribution in [2.24, 2.45) is 5.10 Å². The lowest BCUT2D eigenvalue weighted by molar-refractivity contribution is 0.0954. The molecule has 0 spiro atoms. The SMILES string of the molecule is C=CCOc1ccc(C(=O)N/N=C/c2cc(Br)ccc2OCc2ccccc2F)cc1OC. The molecule has 0 fully saturated rings. The monoisotopic (exact) mass is 512 g/mol. The molecule has 1 N–H and O–H groups in total. The number of carbonyl (C=O) groups excluding carboxylic acids is 1. The number of rotatable bonds is 10. The van der Waals surface area contributed by atoms with Crippen molar-refractivity contribution in [2.75, 3.05) is 13.7 Å². The van der Waals surface area contributed by atoms with E-state index in [2.05, 4.69) is 33.0 Å². The van der Waals surface area contributed by atoms with E-state index in [-0.39, 0.29) is 12.4 Å². The number of nitrogens with one attached hydrogen (secondary N) is 1. The maximum Gasteiger partial charge on any atom is 0.271 e. The van der Waals surface area contributed by atoms with E-state index in [1.54, 1.807) is 60.7 Å². The zero-order chi connectivity index (χ0) is 23.6. The summed E-state index contributed by atoms with van der Waals surface area (Å²) in [6.07, 6.45) is 3.07. The van der Waals surface area contributed by atoms with Crippen molar-refractivity contribution in [3.63, 3.8) is 0 Å². The van der Waals surface area contributed by atoms with Crippen LogP contribution in [0.15, 0.2) is 82.9 Å². The molecule has 0 aliphatic rings. The van der Waals surface area contributed by atoms with E-state index in [4.69, 9.17) is 14.2 Å². The zero-order valence-electron chi connectivity index (χ0n) is 17.9. The Hall–Kier alpha value is -3.65. The van der Waals surface area contributed by atoms with E-state index in [9.17, 15) is 9.18 Å². The Morgan fingerprint density at radius 3 is 2.64 bits per heavy atom. The number of methoxy groups -OCH3 is 1. The van der Waals surface area contributed by atoms with Crippen LogP contribution in [0.25, 0.3) is 0 Å². The van der Waals surface area contributed by atoms with E-state index >= 15 is 0 Å². The first-order chi connectivity index (χ1) is 16.0.